The first-order valence-electron chi connectivity index (χ1n) is 10.1. The van der Waals surface area contributed by atoms with Gasteiger partial charge in [-0.05, 0) is 73.9 Å². The van der Waals surface area contributed by atoms with Gasteiger partial charge < -0.3 is 19.8 Å². The molecule has 0 aliphatic carbocycles. The molecule has 0 fully saturated rings. The van der Waals surface area contributed by atoms with Gasteiger partial charge in [-0.2, -0.15) is 0 Å². The average molecular weight is 426 g/mol. The molecule has 158 valence electrons. The molecule has 0 bridgehead atoms. The maximum Gasteiger partial charge on any atom is 0.227 e. The number of carbonyl (C=O) groups is 1. The van der Waals surface area contributed by atoms with Crippen molar-refractivity contribution in [1.29, 1.82) is 0 Å². The lowest BCUT2D eigenvalue weighted by molar-refractivity contribution is -0.119. The van der Waals surface area contributed by atoms with Gasteiger partial charge in [-0.15, -0.1) is 0 Å². The number of unbranched alkanes of at least 4 members (excludes halogenated alkanes) is 2. The second-order valence-corrected chi connectivity index (χ2v) is 7.71. The van der Waals surface area contributed by atoms with Crippen LogP contribution in [0.3, 0.4) is 0 Å². The lowest BCUT2D eigenvalue weighted by Crippen LogP contribution is -2.34. The molecule has 3 aromatic rings. The van der Waals surface area contributed by atoms with Crippen LogP contribution in [0.2, 0.25) is 0 Å². The summed E-state index contributed by atoms with van der Waals surface area (Å²) in [5.41, 5.74) is 5.29. The highest BCUT2D eigenvalue weighted by molar-refractivity contribution is 7.80. The predicted molar refractivity (Wildman–Crippen MR) is 124 cm³/mol. The predicted octanol–water partition coefficient (Wildman–Crippen LogP) is 5.51. The van der Waals surface area contributed by atoms with Gasteiger partial charge in [-0.1, -0.05) is 19.8 Å². The highest BCUT2D eigenvalue weighted by Gasteiger charge is 2.14. The van der Waals surface area contributed by atoms with Crippen LogP contribution in [0.1, 0.15) is 43.7 Å². The van der Waals surface area contributed by atoms with E-state index in [0.29, 0.717) is 23.7 Å². The van der Waals surface area contributed by atoms with Crippen LogP contribution in [0, 0.1) is 13.8 Å². The molecule has 1 heterocycles. The Morgan fingerprint density at radius 1 is 1.17 bits per heavy atom. The Hall–Kier alpha value is -2.93. The molecular formula is C23H27N3O3S. The van der Waals surface area contributed by atoms with E-state index in [1.54, 1.807) is 7.11 Å². The van der Waals surface area contributed by atoms with E-state index in [9.17, 15) is 4.79 Å². The molecule has 6 nitrogen and oxygen atoms in total. The summed E-state index contributed by atoms with van der Waals surface area (Å²) in [7, 11) is 1.58. The van der Waals surface area contributed by atoms with E-state index in [1.807, 2.05) is 37.3 Å². The van der Waals surface area contributed by atoms with Gasteiger partial charge in [0.2, 0.25) is 11.8 Å². The largest absolute Gasteiger partial charge is 0.495 e. The third-order valence-electron chi connectivity index (χ3n) is 4.96. The first-order chi connectivity index (χ1) is 14.4. The number of carbonyl (C=O) groups excluding carboxylic acids is 1. The third-order valence-corrected chi connectivity index (χ3v) is 5.16. The minimum absolute atomic E-state index is 0.0965. The van der Waals surface area contributed by atoms with Gasteiger partial charge in [0.25, 0.3) is 0 Å². The van der Waals surface area contributed by atoms with Gasteiger partial charge in [-0.3, -0.25) is 4.79 Å². The maximum absolute atomic E-state index is 12.0. The summed E-state index contributed by atoms with van der Waals surface area (Å²) in [5, 5.41) is 6.00. The third kappa shape index (κ3) is 5.16. The number of ether oxygens (including phenoxy) is 1. The summed E-state index contributed by atoms with van der Waals surface area (Å²) in [5.74, 6) is 1.01. The number of amides is 1. The fraction of sp³-hybridized carbons (Fsp3) is 0.348. The number of methoxy groups -OCH3 is 1. The molecular weight excluding hydrogens is 398 g/mol. The number of fused-ring (bicyclic) bond motifs is 1. The molecule has 1 aromatic heterocycles. The number of aryl methyl sites for hydroxylation is 2. The molecule has 0 atom stereocenters. The first kappa shape index (κ1) is 21.8. The normalized spacial score (nSPS) is 10.8. The number of nitrogens with one attached hydrogen (secondary N) is 2. The monoisotopic (exact) mass is 425 g/mol. The van der Waals surface area contributed by atoms with E-state index in [-0.39, 0.29) is 11.0 Å². The number of benzene rings is 2. The van der Waals surface area contributed by atoms with Crippen molar-refractivity contribution in [1.82, 2.24) is 10.3 Å². The minimum atomic E-state index is -0.0965. The fourth-order valence-electron chi connectivity index (χ4n) is 3.12. The van der Waals surface area contributed by atoms with Crippen molar-refractivity contribution < 1.29 is 13.9 Å². The molecule has 2 aromatic carbocycles. The Labute approximate surface area is 182 Å². The van der Waals surface area contributed by atoms with Crippen LogP contribution in [0.4, 0.5) is 5.69 Å². The van der Waals surface area contributed by atoms with Gasteiger partial charge in [0.1, 0.15) is 11.3 Å². The van der Waals surface area contributed by atoms with Crippen LogP contribution < -0.4 is 15.4 Å². The smallest absolute Gasteiger partial charge is 0.227 e. The topological polar surface area (TPSA) is 76.4 Å². The summed E-state index contributed by atoms with van der Waals surface area (Å²) >= 11 is 5.30. The summed E-state index contributed by atoms with van der Waals surface area (Å²) < 4.78 is 11.4. The van der Waals surface area contributed by atoms with Gasteiger partial charge in [0.05, 0.1) is 12.8 Å². The second kappa shape index (κ2) is 9.71. The standard InChI is InChI=1S/C23H27N3O3S/c1-5-6-7-8-21(27)26-23(30)25-18-13-16(9-10-19(18)28-4)22-24-17-11-14(2)15(3)12-20(17)29-22/h9-13H,5-8H2,1-4H3,(H2,25,26,27,30). The summed E-state index contributed by atoms with van der Waals surface area (Å²) in [4.78, 5) is 16.6. The van der Waals surface area contributed by atoms with Gasteiger partial charge in [0, 0.05) is 12.0 Å². The van der Waals surface area contributed by atoms with Crippen molar-refractivity contribution in [3.8, 4) is 17.2 Å². The van der Waals surface area contributed by atoms with E-state index in [1.165, 1.54) is 5.56 Å². The average Bonchev–Trinajstić information content (AvgIpc) is 3.11. The molecule has 0 unspecified atom stereocenters. The maximum atomic E-state index is 12.0. The molecule has 2 N–H and O–H groups in total. The van der Waals surface area contributed by atoms with Crippen LogP contribution in [-0.2, 0) is 4.79 Å². The van der Waals surface area contributed by atoms with E-state index >= 15 is 0 Å². The van der Waals surface area contributed by atoms with Crippen molar-refractivity contribution in [2.24, 2.45) is 0 Å². The second-order valence-electron chi connectivity index (χ2n) is 7.30. The molecule has 0 saturated heterocycles. The van der Waals surface area contributed by atoms with Gasteiger partial charge in [0.15, 0.2) is 10.7 Å². The number of anilines is 1. The highest BCUT2D eigenvalue weighted by Crippen LogP contribution is 2.32. The number of nitrogens with zero attached hydrogens (tertiary/aromatic N) is 1. The zero-order valence-corrected chi connectivity index (χ0v) is 18.6. The number of rotatable bonds is 7. The Bertz CT molecular complexity index is 1040. The molecule has 7 heteroatoms. The van der Waals surface area contributed by atoms with E-state index in [2.05, 4.69) is 29.5 Å². The van der Waals surface area contributed by atoms with Crippen LogP contribution in [-0.4, -0.2) is 23.1 Å². The minimum Gasteiger partial charge on any atom is -0.495 e. The Kier molecular flexibility index (Phi) is 7.05. The van der Waals surface area contributed by atoms with Crippen molar-refractivity contribution in [3.05, 3.63) is 41.5 Å². The highest BCUT2D eigenvalue weighted by atomic mass is 32.1. The Balaban J connectivity index is 1.80. The van der Waals surface area contributed by atoms with Crippen molar-refractivity contribution in [3.63, 3.8) is 0 Å². The van der Waals surface area contributed by atoms with Crippen molar-refractivity contribution in [2.45, 2.75) is 46.5 Å². The lowest BCUT2D eigenvalue weighted by Gasteiger charge is -2.13. The molecule has 30 heavy (non-hydrogen) atoms. The van der Waals surface area contributed by atoms with Crippen LogP contribution in [0.5, 0.6) is 5.75 Å². The van der Waals surface area contributed by atoms with Gasteiger partial charge >= 0.3 is 0 Å². The van der Waals surface area contributed by atoms with E-state index in [0.717, 1.165) is 41.5 Å². The SMILES string of the molecule is CCCCCC(=O)NC(=S)Nc1cc(-c2nc3cc(C)c(C)cc3o2)ccc1OC. The van der Waals surface area contributed by atoms with Crippen LogP contribution in [0.15, 0.2) is 34.7 Å². The van der Waals surface area contributed by atoms with E-state index in [4.69, 9.17) is 21.4 Å². The van der Waals surface area contributed by atoms with Crippen molar-refractivity contribution in [2.75, 3.05) is 12.4 Å². The number of aromatic nitrogens is 1. The Morgan fingerprint density at radius 2 is 1.93 bits per heavy atom. The lowest BCUT2D eigenvalue weighted by atomic mass is 10.1. The number of oxazole rings is 1. The zero-order chi connectivity index (χ0) is 21.7. The molecule has 0 spiro atoms. The van der Waals surface area contributed by atoms with Gasteiger partial charge in [-0.25, -0.2) is 4.98 Å². The number of thiocarbonyl (C=S) groups is 1. The molecule has 1 amide bonds. The first-order valence-corrected chi connectivity index (χ1v) is 10.5. The van der Waals surface area contributed by atoms with E-state index < -0.39 is 0 Å². The van der Waals surface area contributed by atoms with Crippen molar-refractivity contribution >= 4 is 40.0 Å². The van der Waals surface area contributed by atoms with Crippen LogP contribution in [0.25, 0.3) is 22.6 Å². The fourth-order valence-corrected chi connectivity index (χ4v) is 3.34. The summed E-state index contributed by atoms with van der Waals surface area (Å²) in [6.07, 6.45) is 3.39. The molecule has 0 aliphatic heterocycles. The molecule has 0 aliphatic rings. The quantitative estimate of drug-likeness (QED) is 0.384. The summed E-state index contributed by atoms with van der Waals surface area (Å²) in [6.45, 7) is 6.20. The van der Waals surface area contributed by atoms with Crippen LogP contribution >= 0.6 is 12.2 Å². The summed E-state index contributed by atoms with van der Waals surface area (Å²) in [6, 6.07) is 9.55. The Morgan fingerprint density at radius 3 is 2.67 bits per heavy atom. The zero-order valence-electron chi connectivity index (χ0n) is 17.8. The number of hydrogen-bond donors (Lipinski definition) is 2. The number of hydrogen-bond acceptors (Lipinski definition) is 5. The molecule has 0 radical (unpaired) electrons. The molecule has 3 rings (SSSR count). The molecule has 0 saturated carbocycles.